The second kappa shape index (κ2) is 4.90. The van der Waals surface area contributed by atoms with Crippen molar-refractivity contribution in [3.8, 4) is 0 Å². The molecule has 0 bridgehead atoms. The van der Waals surface area contributed by atoms with E-state index in [1.807, 2.05) is 0 Å². The summed E-state index contributed by atoms with van der Waals surface area (Å²) in [6.45, 7) is 0. The van der Waals surface area contributed by atoms with E-state index in [9.17, 15) is 0 Å². The molecule has 0 saturated carbocycles. The Balaban J connectivity index is 3.40. The van der Waals surface area contributed by atoms with Crippen molar-refractivity contribution in [2.75, 3.05) is 0 Å². The van der Waals surface area contributed by atoms with Gasteiger partial charge in [0.2, 0.25) is 0 Å². The Morgan fingerprint density at radius 1 is 0.917 bits per heavy atom. The van der Waals surface area contributed by atoms with E-state index in [1.54, 1.807) is 6.07 Å². The Hall–Kier alpha value is 1.61. The fourth-order valence-electron chi connectivity index (χ4n) is 0.726. The summed E-state index contributed by atoms with van der Waals surface area (Å²) in [7, 11) is 5.81. The van der Waals surface area contributed by atoms with Gasteiger partial charge in [-0.05, 0) is 0 Å². The molecule has 0 fully saturated rings. The first kappa shape index (κ1) is 11.7. The number of hydrogen-bond donors (Lipinski definition) is 0. The van der Waals surface area contributed by atoms with Crippen molar-refractivity contribution in [1.82, 2.24) is 0 Å². The Labute approximate surface area is 106 Å². The molecule has 0 spiro atoms. The average Bonchev–Trinajstić information content (AvgIpc) is 2.01. The van der Waals surface area contributed by atoms with Crippen LogP contribution in [0.5, 0.6) is 0 Å². The second-order valence-corrected chi connectivity index (χ2v) is 9.78. The van der Waals surface area contributed by atoms with Gasteiger partial charge in [0.1, 0.15) is 0 Å². The van der Waals surface area contributed by atoms with Crippen molar-refractivity contribution >= 4 is 57.7 Å². The van der Waals surface area contributed by atoms with Crippen LogP contribution in [-0.2, 0) is 23.3 Å². The van der Waals surface area contributed by atoms with Gasteiger partial charge in [0.15, 0.2) is 0 Å². The molecule has 0 aliphatic rings. The van der Waals surface area contributed by atoms with Gasteiger partial charge in [0.05, 0.1) is 0 Å². The third-order valence-electron chi connectivity index (χ3n) is 1.34. The molecule has 0 N–H and O–H groups in total. The molecule has 0 radical (unpaired) electrons. The molecule has 0 saturated heterocycles. The molecular weight excluding hydrogens is 450 g/mol. The molecule has 1 aromatic rings. The number of halogens is 5. The average molecular weight is 451 g/mol. The summed E-state index contributed by atoms with van der Waals surface area (Å²) in [5.74, 6) is 0. The Kier molecular flexibility index (Phi) is 4.77. The first-order valence-corrected chi connectivity index (χ1v) is 14.0. The van der Waals surface area contributed by atoms with Crippen LogP contribution in [0.25, 0.3) is 0 Å². The van der Waals surface area contributed by atoms with Crippen LogP contribution in [0.1, 0.15) is 0 Å². The van der Waals surface area contributed by atoms with Gasteiger partial charge < -0.3 is 0 Å². The molecule has 12 heavy (non-hydrogen) atoms. The predicted octanol–water partition coefficient (Wildman–Crippen LogP) is 4.16. The number of benzene rings is 1. The first-order valence-electron chi connectivity index (χ1n) is 2.95. The van der Waals surface area contributed by atoms with Gasteiger partial charge in [-0.25, -0.2) is 0 Å². The molecule has 1 aromatic carbocycles. The Morgan fingerprint density at radius 3 is 2.00 bits per heavy atom. The number of hydrogen-bond acceptors (Lipinski definition) is 0. The van der Waals surface area contributed by atoms with Crippen LogP contribution >= 0.6 is 54.7 Å². The van der Waals surface area contributed by atoms with Crippen LogP contribution in [0.3, 0.4) is 0 Å². The van der Waals surface area contributed by atoms with E-state index >= 15 is 0 Å². The fraction of sp³-hybridized carbons (Fsp3) is 0. The standard InChI is InChI=1S/C6HCl4.ClH.Hg/c7-3-1-4(8)6(10)5(9)2-3;;/h1H;1H;/q;;+1/p-1. The van der Waals surface area contributed by atoms with E-state index in [0.29, 0.717) is 20.1 Å². The van der Waals surface area contributed by atoms with Crippen molar-refractivity contribution in [2.45, 2.75) is 0 Å². The van der Waals surface area contributed by atoms with Crippen molar-refractivity contribution in [3.63, 3.8) is 0 Å². The molecule has 0 aliphatic heterocycles. The summed E-state index contributed by atoms with van der Waals surface area (Å²) in [5, 5.41) is 1.67. The van der Waals surface area contributed by atoms with Crippen molar-refractivity contribution in [1.29, 1.82) is 0 Å². The van der Waals surface area contributed by atoms with Crippen LogP contribution in [0.4, 0.5) is 0 Å². The zero-order valence-corrected chi connectivity index (χ0v) is 15.0. The van der Waals surface area contributed by atoms with Gasteiger partial charge in [-0.2, -0.15) is 0 Å². The zero-order valence-electron chi connectivity index (χ0n) is 5.67. The monoisotopic (exact) mass is 450 g/mol. The minimum atomic E-state index is -1.63. The molecule has 0 atom stereocenters. The van der Waals surface area contributed by atoms with Crippen LogP contribution in [0.15, 0.2) is 6.07 Å². The van der Waals surface area contributed by atoms with Crippen molar-refractivity contribution in [3.05, 3.63) is 26.2 Å². The van der Waals surface area contributed by atoms with E-state index in [-0.39, 0.29) is 0 Å². The van der Waals surface area contributed by atoms with E-state index in [2.05, 4.69) is 0 Å². The maximum absolute atomic E-state index is 5.87. The van der Waals surface area contributed by atoms with Gasteiger partial charge in [0, 0.05) is 0 Å². The number of rotatable bonds is 1. The zero-order chi connectivity index (χ0) is 9.30. The fourth-order valence-corrected chi connectivity index (χ4v) is 8.94. The summed E-state index contributed by atoms with van der Waals surface area (Å²) in [5.41, 5.74) is 0. The molecule has 0 nitrogen and oxygen atoms in total. The SMILES string of the molecule is [Cl][Hg][c]1c(Cl)cc(Cl)c(Cl)c1Cl. The van der Waals surface area contributed by atoms with Gasteiger partial charge in [-0.1, -0.05) is 0 Å². The topological polar surface area (TPSA) is 0 Å². The van der Waals surface area contributed by atoms with Crippen LogP contribution in [-0.4, -0.2) is 0 Å². The summed E-state index contributed by atoms with van der Waals surface area (Å²) in [6.07, 6.45) is 0. The van der Waals surface area contributed by atoms with Gasteiger partial charge in [0.25, 0.3) is 0 Å². The van der Waals surface area contributed by atoms with Crippen LogP contribution in [0, 0.1) is 0 Å². The van der Waals surface area contributed by atoms with Crippen LogP contribution < -0.4 is 3.07 Å². The molecule has 1 rings (SSSR count). The Morgan fingerprint density at radius 2 is 1.50 bits per heavy atom. The molecule has 0 unspecified atom stereocenters. The van der Waals surface area contributed by atoms with E-state index in [1.165, 1.54) is 0 Å². The molecule has 0 amide bonds. The molecular formula is C6HCl5Hg. The molecule has 6 heteroatoms. The van der Waals surface area contributed by atoms with Crippen molar-refractivity contribution in [2.24, 2.45) is 0 Å². The van der Waals surface area contributed by atoms with Gasteiger partial charge >= 0.3 is 107 Å². The van der Waals surface area contributed by atoms with E-state index in [0.717, 1.165) is 3.07 Å². The molecule has 0 heterocycles. The predicted molar refractivity (Wildman–Crippen MR) is 52.0 cm³/mol. The second-order valence-electron chi connectivity index (χ2n) is 2.08. The minimum absolute atomic E-state index is 0.346. The third kappa shape index (κ3) is 2.34. The first-order chi connectivity index (χ1) is 5.57. The summed E-state index contributed by atoms with van der Waals surface area (Å²) < 4.78 is 0.828. The van der Waals surface area contributed by atoms with Gasteiger partial charge in [-0.3, -0.25) is 0 Å². The maximum atomic E-state index is 5.87. The normalized spacial score (nSPS) is 9.75. The Bertz CT molecular complexity index is 311. The quantitative estimate of drug-likeness (QED) is 0.342. The third-order valence-corrected chi connectivity index (χ3v) is 11.0. The molecule has 0 aliphatic carbocycles. The summed E-state index contributed by atoms with van der Waals surface area (Å²) in [4.78, 5) is 0. The molecule has 62 valence electrons. The van der Waals surface area contributed by atoms with E-state index < -0.39 is 23.3 Å². The van der Waals surface area contributed by atoms with Crippen LogP contribution in [0.2, 0.25) is 20.1 Å². The summed E-state index contributed by atoms with van der Waals surface area (Å²) >= 11 is 21.6. The van der Waals surface area contributed by atoms with E-state index in [4.69, 9.17) is 54.7 Å². The summed E-state index contributed by atoms with van der Waals surface area (Å²) in [6, 6.07) is 1.58. The molecule has 0 aromatic heterocycles. The van der Waals surface area contributed by atoms with Crippen molar-refractivity contribution < 1.29 is 23.3 Å². The van der Waals surface area contributed by atoms with Gasteiger partial charge in [-0.15, -0.1) is 0 Å².